The number of hydrogen-bond acceptors (Lipinski definition) is 6. The summed E-state index contributed by atoms with van der Waals surface area (Å²) >= 11 is 1.44. The molecule has 0 fully saturated rings. The number of carbonyl (C=O) groups is 1. The lowest BCUT2D eigenvalue weighted by Crippen LogP contribution is -2.14. The van der Waals surface area contributed by atoms with E-state index in [4.69, 9.17) is 0 Å². The van der Waals surface area contributed by atoms with Gasteiger partial charge in [0.25, 0.3) is 0 Å². The first-order valence-electron chi connectivity index (χ1n) is 7.42. The molecule has 2 heterocycles. The average molecular weight is 340 g/mol. The molecule has 0 aliphatic rings. The predicted molar refractivity (Wildman–Crippen MR) is 92.1 cm³/mol. The number of hydrogen-bond donors (Lipinski definition) is 1. The Morgan fingerprint density at radius 1 is 1.21 bits per heavy atom. The lowest BCUT2D eigenvalue weighted by molar-refractivity contribution is -0.115. The van der Waals surface area contributed by atoms with Crippen molar-refractivity contribution in [1.29, 1.82) is 0 Å². The van der Waals surface area contributed by atoms with E-state index in [2.05, 4.69) is 25.8 Å². The summed E-state index contributed by atoms with van der Waals surface area (Å²) in [4.78, 5) is 16.2. The molecule has 0 bridgehead atoms. The van der Waals surface area contributed by atoms with E-state index < -0.39 is 0 Å². The third kappa shape index (κ3) is 3.96. The number of tetrazole rings is 1. The molecule has 0 saturated carbocycles. The molecule has 0 saturated heterocycles. The number of anilines is 1. The first kappa shape index (κ1) is 16.1. The first-order valence-corrected chi connectivity index (χ1v) is 8.40. The van der Waals surface area contributed by atoms with Gasteiger partial charge in [-0.15, -0.1) is 5.10 Å². The molecule has 0 radical (unpaired) electrons. The lowest BCUT2D eigenvalue weighted by Gasteiger charge is -2.07. The Bertz CT molecular complexity index is 820. The van der Waals surface area contributed by atoms with Crippen LogP contribution in [0.3, 0.4) is 0 Å². The normalized spacial score (nSPS) is 10.5. The second kappa shape index (κ2) is 7.69. The van der Waals surface area contributed by atoms with Gasteiger partial charge in [-0.1, -0.05) is 36.0 Å². The van der Waals surface area contributed by atoms with Crippen LogP contribution in [0.1, 0.15) is 12.0 Å². The number of para-hydroxylation sites is 1. The van der Waals surface area contributed by atoms with Crippen molar-refractivity contribution in [2.75, 3.05) is 11.1 Å². The molecule has 2 aromatic heterocycles. The van der Waals surface area contributed by atoms with Gasteiger partial charge in [-0.25, -0.2) is 4.98 Å². The highest BCUT2D eigenvalue weighted by Crippen LogP contribution is 2.19. The second-order valence-corrected chi connectivity index (χ2v) is 6.09. The van der Waals surface area contributed by atoms with Crippen molar-refractivity contribution in [1.82, 2.24) is 25.2 Å². The van der Waals surface area contributed by atoms with Gasteiger partial charge in [0.1, 0.15) is 5.82 Å². The van der Waals surface area contributed by atoms with E-state index in [0.29, 0.717) is 23.1 Å². The van der Waals surface area contributed by atoms with Gasteiger partial charge in [0.05, 0.1) is 5.69 Å². The summed E-state index contributed by atoms with van der Waals surface area (Å²) in [6.45, 7) is 1.91. The largest absolute Gasteiger partial charge is 0.310 e. The van der Waals surface area contributed by atoms with Crippen molar-refractivity contribution in [3.8, 4) is 5.69 Å². The molecule has 0 aliphatic heterocycles. The fourth-order valence-corrected chi connectivity index (χ4v) is 2.87. The highest BCUT2D eigenvalue weighted by atomic mass is 32.2. The zero-order valence-electron chi connectivity index (χ0n) is 13.1. The number of nitrogens with one attached hydrogen (secondary N) is 1. The monoisotopic (exact) mass is 340 g/mol. The Morgan fingerprint density at radius 2 is 2.04 bits per heavy atom. The lowest BCUT2D eigenvalue weighted by atomic mass is 10.3. The number of carbonyl (C=O) groups excluding carboxylic acids is 1. The number of aromatic nitrogens is 5. The summed E-state index contributed by atoms with van der Waals surface area (Å²) in [5.74, 6) is 1.09. The topological polar surface area (TPSA) is 85.6 Å². The quantitative estimate of drug-likeness (QED) is 0.694. The van der Waals surface area contributed by atoms with Crippen molar-refractivity contribution >= 4 is 23.5 Å². The molecule has 122 valence electrons. The van der Waals surface area contributed by atoms with Gasteiger partial charge in [0, 0.05) is 18.4 Å². The molecule has 0 spiro atoms. The Hall–Kier alpha value is -2.74. The molecule has 7 nitrogen and oxygen atoms in total. The van der Waals surface area contributed by atoms with E-state index in [1.54, 1.807) is 10.9 Å². The molecule has 0 aliphatic carbocycles. The van der Waals surface area contributed by atoms with E-state index in [-0.39, 0.29) is 5.91 Å². The first-order chi connectivity index (χ1) is 11.7. The maximum Gasteiger partial charge on any atom is 0.226 e. The van der Waals surface area contributed by atoms with E-state index >= 15 is 0 Å². The Labute approximate surface area is 143 Å². The molecule has 1 amide bonds. The molecule has 1 N–H and O–H groups in total. The molecule has 0 unspecified atom stereocenters. The van der Waals surface area contributed by atoms with Crippen LogP contribution in [0.2, 0.25) is 0 Å². The van der Waals surface area contributed by atoms with Crippen LogP contribution in [0.25, 0.3) is 5.69 Å². The third-order valence-corrected chi connectivity index (χ3v) is 4.19. The maximum absolute atomic E-state index is 12.0. The number of benzene rings is 1. The van der Waals surface area contributed by atoms with E-state index in [0.717, 1.165) is 11.3 Å². The number of rotatable bonds is 6. The van der Waals surface area contributed by atoms with Crippen molar-refractivity contribution < 1.29 is 4.79 Å². The van der Waals surface area contributed by atoms with Crippen molar-refractivity contribution in [3.05, 3.63) is 54.2 Å². The molecule has 0 atom stereocenters. The zero-order chi connectivity index (χ0) is 16.8. The highest BCUT2D eigenvalue weighted by Gasteiger charge is 2.10. The smallest absolute Gasteiger partial charge is 0.226 e. The number of nitrogens with zero attached hydrogens (tertiary/aromatic N) is 5. The number of thioether (sulfide) groups is 1. The molecule has 3 aromatic rings. The van der Waals surface area contributed by atoms with Crippen LogP contribution in [0.15, 0.2) is 53.8 Å². The molecular formula is C16H16N6OS. The Kier molecular flexibility index (Phi) is 5.17. The van der Waals surface area contributed by atoms with Crippen LogP contribution in [-0.2, 0) is 4.79 Å². The minimum atomic E-state index is -0.0805. The van der Waals surface area contributed by atoms with Crippen molar-refractivity contribution in [2.45, 2.75) is 18.5 Å². The van der Waals surface area contributed by atoms with Crippen LogP contribution in [-0.4, -0.2) is 36.9 Å². The van der Waals surface area contributed by atoms with Gasteiger partial charge < -0.3 is 5.32 Å². The van der Waals surface area contributed by atoms with Gasteiger partial charge in [-0.05, 0) is 41.1 Å². The van der Waals surface area contributed by atoms with Gasteiger partial charge in [0.2, 0.25) is 11.1 Å². The average Bonchev–Trinajstić information content (AvgIpc) is 3.06. The fourth-order valence-electron chi connectivity index (χ4n) is 2.05. The van der Waals surface area contributed by atoms with Crippen LogP contribution in [0, 0.1) is 6.92 Å². The summed E-state index contributed by atoms with van der Waals surface area (Å²) in [6, 6.07) is 13.4. The van der Waals surface area contributed by atoms with E-state index in [9.17, 15) is 4.79 Å². The minimum absolute atomic E-state index is 0.0805. The zero-order valence-corrected chi connectivity index (χ0v) is 13.9. The van der Waals surface area contributed by atoms with Gasteiger partial charge in [-0.2, -0.15) is 4.68 Å². The fraction of sp³-hybridized carbons (Fsp3) is 0.188. The summed E-state index contributed by atoms with van der Waals surface area (Å²) < 4.78 is 1.66. The van der Waals surface area contributed by atoms with Gasteiger partial charge >= 0.3 is 0 Å². The molecule has 8 heteroatoms. The summed E-state index contributed by atoms with van der Waals surface area (Å²) in [6.07, 6.45) is 2.01. The number of pyridine rings is 1. The van der Waals surface area contributed by atoms with Crippen LogP contribution in [0.5, 0.6) is 0 Å². The van der Waals surface area contributed by atoms with Crippen LogP contribution in [0.4, 0.5) is 5.82 Å². The Morgan fingerprint density at radius 3 is 2.83 bits per heavy atom. The molecule has 3 rings (SSSR count). The Balaban J connectivity index is 1.55. The van der Waals surface area contributed by atoms with Crippen molar-refractivity contribution in [2.24, 2.45) is 0 Å². The predicted octanol–water partition coefficient (Wildman–Crippen LogP) is 2.49. The van der Waals surface area contributed by atoms with Crippen LogP contribution >= 0.6 is 11.8 Å². The maximum atomic E-state index is 12.0. The van der Waals surface area contributed by atoms with Gasteiger partial charge in [-0.3, -0.25) is 4.79 Å². The summed E-state index contributed by atoms with van der Waals surface area (Å²) in [7, 11) is 0. The standard InChI is InChI=1S/C16H16N6OS/c1-12-6-5-10-17-15(12)18-14(23)9-11-24-16-19-20-21-22(16)13-7-3-2-4-8-13/h2-8,10H,9,11H2,1H3,(H,17,18,23). The summed E-state index contributed by atoms with van der Waals surface area (Å²) in [5.41, 5.74) is 1.82. The number of aryl methyl sites for hydroxylation is 1. The third-order valence-electron chi connectivity index (χ3n) is 3.27. The molecule has 1 aromatic carbocycles. The van der Waals surface area contributed by atoms with Crippen LogP contribution < -0.4 is 5.32 Å². The molecule has 24 heavy (non-hydrogen) atoms. The molecular weight excluding hydrogens is 324 g/mol. The van der Waals surface area contributed by atoms with Crippen molar-refractivity contribution in [3.63, 3.8) is 0 Å². The second-order valence-electron chi connectivity index (χ2n) is 5.02. The van der Waals surface area contributed by atoms with E-state index in [1.807, 2.05) is 49.4 Å². The van der Waals surface area contributed by atoms with Gasteiger partial charge in [0.15, 0.2) is 0 Å². The minimum Gasteiger partial charge on any atom is -0.310 e. The van der Waals surface area contributed by atoms with E-state index in [1.165, 1.54) is 11.8 Å². The summed E-state index contributed by atoms with van der Waals surface area (Å²) in [5, 5.41) is 15.2. The highest BCUT2D eigenvalue weighted by molar-refractivity contribution is 7.99. The SMILES string of the molecule is Cc1cccnc1NC(=O)CCSc1nnnn1-c1ccccc1. The number of amides is 1.